The van der Waals surface area contributed by atoms with Gasteiger partial charge in [-0.3, -0.25) is 9.69 Å². The van der Waals surface area contributed by atoms with E-state index in [2.05, 4.69) is 11.9 Å². The summed E-state index contributed by atoms with van der Waals surface area (Å²) in [5.41, 5.74) is 1.11. The van der Waals surface area contributed by atoms with Gasteiger partial charge in [0.2, 0.25) is 0 Å². The molecule has 0 bridgehead atoms. The maximum Gasteiger partial charge on any atom is 0.194 e. The Morgan fingerprint density at radius 3 is 2.58 bits per heavy atom. The van der Waals surface area contributed by atoms with Gasteiger partial charge >= 0.3 is 0 Å². The molecule has 1 fully saturated rings. The summed E-state index contributed by atoms with van der Waals surface area (Å²) in [6, 6.07) is 10.7. The summed E-state index contributed by atoms with van der Waals surface area (Å²) in [6.07, 6.45) is 7.21. The van der Waals surface area contributed by atoms with Crippen LogP contribution in [0, 0.1) is 0 Å². The first-order valence-corrected chi connectivity index (χ1v) is 8.14. The maximum atomic E-state index is 11.9. The van der Waals surface area contributed by atoms with Crippen LogP contribution in [0.15, 0.2) is 30.3 Å². The molecule has 0 unspecified atom stereocenters. The quantitative estimate of drug-likeness (QED) is 0.765. The fourth-order valence-electron chi connectivity index (χ4n) is 2.61. The van der Waals surface area contributed by atoms with Crippen molar-refractivity contribution in [3.8, 4) is 0 Å². The van der Waals surface area contributed by atoms with E-state index >= 15 is 0 Å². The largest absolute Gasteiger partial charge is 0.294 e. The summed E-state index contributed by atoms with van der Waals surface area (Å²) < 4.78 is 0. The van der Waals surface area contributed by atoms with Crippen LogP contribution < -0.4 is 0 Å². The molecule has 0 spiro atoms. The van der Waals surface area contributed by atoms with E-state index in [0.717, 1.165) is 11.4 Å². The number of benzene rings is 1. The molecule has 1 aliphatic carbocycles. The normalized spacial score (nSPS) is 16.7. The van der Waals surface area contributed by atoms with Gasteiger partial charge in [-0.15, -0.1) is 0 Å². The molecule has 19 heavy (non-hydrogen) atoms. The fraction of sp³-hybridized carbons (Fsp3) is 0.562. The van der Waals surface area contributed by atoms with Crippen LogP contribution in [-0.4, -0.2) is 29.0 Å². The van der Waals surface area contributed by atoms with Crippen molar-refractivity contribution in [1.82, 2.24) is 4.90 Å². The van der Waals surface area contributed by atoms with Crippen LogP contribution in [0.3, 0.4) is 0 Å². The highest BCUT2D eigenvalue weighted by atomic mass is 32.2. The van der Waals surface area contributed by atoms with Gasteiger partial charge in [0, 0.05) is 12.5 Å². The summed E-state index contributed by atoms with van der Waals surface area (Å²) >= 11 is 1.46. The lowest BCUT2D eigenvalue weighted by atomic mass is 9.95. The molecule has 1 aliphatic rings. The van der Waals surface area contributed by atoms with Gasteiger partial charge in [0.05, 0.1) is 5.88 Å². The minimum Gasteiger partial charge on any atom is -0.294 e. The van der Waals surface area contributed by atoms with E-state index in [1.807, 2.05) is 30.3 Å². The van der Waals surface area contributed by atoms with Crippen molar-refractivity contribution in [2.24, 2.45) is 0 Å². The monoisotopic (exact) mass is 277 g/mol. The van der Waals surface area contributed by atoms with Gasteiger partial charge in [-0.2, -0.15) is 0 Å². The standard InChI is InChI=1S/C16H23NOS/c1-17(15-10-6-3-7-11-15)13-19-16(18)12-14-8-4-2-5-9-14/h2,4-5,8-9,15H,3,6-7,10-13H2,1H3. The van der Waals surface area contributed by atoms with Crippen LogP contribution in [0.25, 0.3) is 0 Å². The molecule has 3 heteroatoms. The first-order valence-electron chi connectivity index (χ1n) is 7.15. The number of thioether (sulfide) groups is 1. The minimum absolute atomic E-state index is 0.272. The number of rotatable bonds is 5. The smallest absolute Gasteiger partial charge is 0.194 e. The molecule has 0 saturated heterocycles. The van der Waals surface area contributed by atoms with Crippen LogP contribution in [0.2, 0.25) is 0 Å². The Morgan fingerprint density at radius 2 is 1.89 bits per heavy atom. The first kappa shape index (κ1) is 14.6. The second kappa shape index (κ2) is 7.71. The molecule has 104 valence electrons. The second-order valence-corrected chi connectivity index (χ2v) is 6.36. The minimum atomic E-state index is 0.272. The molecule has 0 N–H and O–H groups in total. The average molecular weight is 277 g/mol. The highest BCUT2D eigenvalue weighted by molar-refractivity contribution is 8.13. The Bertz CT molecular complexity index is 387. The average Bonchev–Trinajstić information content (AvgIpc) is 2.47. The lowest BCUT2D eigenvalue weighted by Crippen LogP contribution is -2.33. The molecular formula is C16H23NOS. The highest BCUT2D eigenvalue weighted by Crippen LogP contribution is 2.23. The van der Waals surface area contributed by atoms with Gasteiger partial charge in [0.25, 0.3) is 0 Å². The Kier molecular flexibility index (Phi) is 5.93. The molecule has 1 aromatic carbocycles. The van der Waals surface area contributed by atoms with Crippen molar-refractivity contribution in [1.29, 1.82) is 0 Å². The lowest BCUT2D eigenvalue weighted by Gasteiger charge is -2.30. The predicted octanol–water partition coefficient (Wildman–Crippen LogP) is 3.71. The number of carbonyl (C=O) groups is 1. The lowest BCUT2D eigenvalue weighted by molar-refractivity contribution is -0.110. The van der Waals surface area contributed by atoms with Crippen molar-refractivity contribution in [3.63, 3.8) is 0 Å². The Balaban J connectivity index is 1.71. The van der Waals surface area contributed by atoms with Gasteiger partial charge < -0.3 is 0 Å². The third-order valence-corrected chi connectivity index (χ3v) is 4.82. The van der Waals surface area contributed by atoms with Crippen LogP contribution in [0.1, 0.15) is 37.7 Å². The van der Waals surface area contributed by atoms with Crippen LogP contribution in [-0.2, 0) is 11.2 Å². The number of carbonyl (C=O) groups excluding carboxylic acids is 1. The number of nitrogens with zero attached hydrogens (tertiary/aromatic N) is 1. The van der Waals surface area contributed by atoms with Crippen molar-refractivity contribution >= 4 is 16.9 Å². The van der Waals surface area contributed by atoms with E-state index in [4.69, 9.17) is 0 Å². The van der Waals surface area contributed by atoms with Crippen molar-refractivity contribution in [2.75, 3.05) is 12.9 Å². The predicted molar refractivity (Wildman–Crippen MR) is 82.2 cm³/mol. The van der Waals surface area contributed by atoms with Crippen molar-refractivity contribution in [3.05, 3.63) is 35.9 Å². The molecule has 0 heterocycles. The third-order valence-electron chi connectivity index (χ3n) is 3.82. The van der Waals surface area contributed by atoms with Crippen LogP contribution in [0.4, 0.5) is 0 Å². The molecule has 0 atom stereocenters. The SMILES string of the molecule is CN(CSC(=O)Cc1ccccc1)C1CCCCC1. The van der Waals surface area contributed by atoms with E-state index in [-0.39, 0.29) is 5.12 Å². The van der Waals surface area contributed by atoms with Gasteiger partial charge in [-0.1, -0.05) is 61.4 Å². The first-order chi connectivity index (χ1) is 9.25. The molecule has 2 nitrogen and oxygen atoms in total. The van der Waals surface area contributed by atoms with E-state index < -0.39 is 0 Å². The Hall–Kier alpha value is -0.800. The van der Waals surface area contributed by atoms with Crippen LogP contribution >= 0.6 is 11.8 Å². The second-order valence-electron chi connectivity index (χ2n) is 5.36. The van der Waals surface area contributed by atoms with Crippen LogP contribution in [0.5, 0.6) is 0 Å². The van der Waals surface area contributed by atoms with E-state index in [1.165, 1.54) is 43.9 Å². The summed E-state index contributed by atoms with van der Waals surface area (Å²) in [5, 5.41) is 0.272. The Labute approximate surface area is 120 Å². The topological polar surface area (TPSA) is 20.3 Å². The molecule has 0 amide bonds. The van der Waals surface area contributed by atoms with Gasteiger partial charge in [0.1, 0.15) is 0 Å². The van der Waals surface area contributed by atoms with E-state index in [9.17, 15) is 4.79 Å². The van der Waals surface area contributed by atoms with E-state index in [0.29, 0.717) is 12.5 Å². The zero-order valence-corrected chi connectivity index (χ0v) is 12.5. The molecule has 1 saturated carbocycles. The van der Waals surface area contributed by atoms with Gasteiger partial charge in [0.15, 0.2) is 5.12 Å². The third kappa shape index (κ3) is 5.00. The highest BCUT2D eigenvalue weighted by Gasteiger charge is 2.18. The maximum absolute atomic E-state index is 11.9. The Morgan fingerprint density at radius 1 is 1.21 bits per heavy atom. The molecule has 0 aliphatic heterocycles. The summed E-state index contributed by atoms with van der Waals surface area (Å²) in [6.45, 7) is 0. The fourth-order valence-corrected chi connectivity index (χ4v) is 3.44. The summed E-state index contributed by atoms with van der Waals surface area (Å²) in [4.78, 5) is 14.3. The summed E-state index contributed by atoms with van der Waals surface area (Å²) in [7, 11) is 2.15. The van der Waals surface area contributed by atoms with Crippen molar-refractivity contribution in [2.45, 2.75) is 44.6 Å². The zero-order valence-electron chi connectivity index (χ0n) is 11.7. The summed E-state index contributed by atoms with van der Waals surface area (Å²) in [5.74, 6) is 0.830. The van der Waals surface area contributed by atoms with E-state index in [1.54, 1.807) is 0 Å². The molecule has 0 aromatic heterocycles. The molecular weight excluding hydrogens is 254 g/mol. The molecule has 2 rings (SSSR count). The molecule has 1 aromatic rings. The van der Waals surface area contributed by atoms with Gasteiger partial charge in [-0.25, -0.2) is 0 Å². The molecule has 0 radical (unpaired) electrons. The van der Waals surface area contributed by atoms with Crippen molar-refractivity contribution < 1.29 is 4.79 Å². The number of hydrogen-bond donors (Lipinski definition) is 0. The number of hydrogen-bond acceptors (Lipinski definition) is 3. The zero-order chi connectivity index (χ0) is 13.5. The van der Waals surface area contributed by atoms with Gasteiger partial charge in [-0.05, 0) is 25.5 Å².